The molecule has 11 heavy (non-hydrogen) atoms. The topological polar surface area (TPSA) is 49.3 Å². The van der Waals surface area contributed by atoms with Crippen molar-refractivity contribution in [1.29, 1.82) is 0 Å². The highest BCUT2D eigenvalue weighted by Crippen LogP contribution is 2.25. The van der Waals surface area contributed by atoms with E-state index in [0.29, 0.717) is 5.25 Å². The van der Waals surface area contributed by atoms with Gasteiger partial charge in [0.05, 0.1) is 6.61 Å². The van der Waals surface area contributed by atoms with Crippen molar-refractivity contribution in [2.45, 2.75) is 24.6 Å². The molecule has 1 aliphatic rings. The number of hydrogen-bond donors (Lipinski definition) is 2. The third-order valence-electron chi connectivity index (χ3n) is 1.69. The molecule has 2 atom stereocenters. The van der Waals surface area contributed by atoms with Gasteiger partial charge in [-0.25, -0.2) is 0 Å². The lowest BCUT2D eigenvalue weighted by molar-refractivity contribution is -0.119. The van der Waals surface area contributed by atoms with Gasteiger partial charge in [0.1, 0.15) is 0 Å². The van der Waals surface area contributed by atoms with Crippen molar-refractivity contribution in [1.82, 2.24) is 5.32 Å². The first-order valence-corrected chi connectivity index (χ1v) is 4.77. The smallest absolute Gasteiger partial charge is 0.217 e. The summed E-state index contributed by atoms with van der Waals surface area (Å²) in [5.41, 5.74) is 0. The van der Waals surface area contributed by atoms with E-state index >= 15 is 0 Å². The van der Waals surface area contributed by atoms with Crippen LogP contribution in [0.5, 0.6) is 0 Å². The van der Waals surface area contributed by atoms with Crippen LogP contribution in [0.3, 0.4) is 0 Å². The van der Waals surface area contributed by atoms with Crippen LogP contribution in [-0.4, -0.2) is 34.7 Å². The summed E-state index contributed by atoms with van der Waals surface area (Å²) in [4.78, 5) is 10.6. The summed E-state index contributed by atoms with van der Waals surface area (Å²) in [6.07, 6.45) is 0.904. The molecule has 1 rings (SSSR count). The Morgan fingerprint density at radius 3 is 3.00 bits per heavy atom. The number of nitrogens with one attached hydrogen (secondary N) is 1. The summed E-state index contributed by atoms with van der Waals surface area (Å²) >= 11 is 1.73. The normalized spacial score (nSPS) is 30.4. The molecular formula is C7H13NO2S. The SMILES string of the molecule is CC(=O)NC1CSC(CO)C1. The maximum atomic E-state index is 10.6. The number of aliphatic hydroxyl groups is 1. The van der Waals surface area contributed by atoms with E-state index in [0.717, 1.165) is 12.2 Å². The monoisotopic (exact) mass is 175 g/mol. The lowest BCUT2D eigenvalue weighted by Gasteiger charge is -2.08. The average Bonchev–Trinajstić information content (AvgIpc) is 2.34. The quantitative estimate of drug-likeness (QED) is 0.620. The van der Waals surface area contributed by atoms with E-state index in [1.54, 1.807) is 11.8 Å². The van der Waals surface area contributed by atoms with E-state index in [1.807, 2.05) is 0 Å². The number of amides is 1. The van der Waals surface area contributed by atoms with E-state index in [-0.39, 0.29) is 18.6 Å². The molecule has 2 N–H and O–H groups in total. The fourth-order valence-corrected chi connectivity index (χ4v) is 2.42. The highest BCUT2D eigenvalue weighted by Gasteiger charge is 2.24. The van der Waals surface area contributed by atoms with Crippen LogP contribution in [0.2, 0.25) is 0 Å². The lowest BCUT2D eigenvalue weighted by Crippen LogP contribution is -2.33. The van der Waals surface area contributed by atoms with E-state index in [9.17, 15) is 4.79 Å². The van der Waals surface area contributed by atoms with Crippen LogP contribution in [0.1, 0.15) is 13.3 Å². The third kappa shape index (κ3) is 2.71. The molecule has 0 radical (unpaired) electrons. The first-order valence-electron chi connectivity index (χ1n) is 3.72. The molecule has 0 aliphatic carbocycles. The number of aliphatic hydroxyl groups excluding tert-OH is 1. The van der Waals surface area contributed by atoms with Crippen molar-refractivity contribution in [3.05, 3.63) is 0 Å². The predicted molar refractivity (Wildman–Crippen MR) is 45.6 cm³/mol. The summed E-state index contributed by atoms with van der Waals surface area (Å²) in [5, 5.41) is 11.9. The van der Waals surface area contributed by atoms with E-state index in [4.69, 9.17) is 5.11 Å². The van der Waals surface area contributed by atoms with Gasteiger partial charge in [0.25, 0.3) is 0 Å². The fourth-order valence-electron chi connectivity index (χ4n) is 1.22. The van der Waals surface area contributed by atoms with Gasteiger partial charge in [-0.3, -0.25) is 4.79 Å². The van der Waals surface area contributed by atoms with Crippen LogP contribution in [0.25, 0.3) is 0 Å². The summed E-state index contributed by atoms with van der Waals surface area (Å²) < 4.78 is 0. The Kier molecular flexibility index (Phi) is 3.20. The second-order valence-corrected chi connectivity index (χ2v) is 4.10. The molecule has 2 unspecified atom stereocenters. The maximum Gasteiger partial charge on any atom is 0.217 e. The minimum atomic E-state index is 0.0224. The Morgan fingerprint density at radius 2 is 2.55 bits per heavy atom. The number of thioether (sulfide) groups is 1. The van der Waals surface area contributed by atoms with Crippen molar-refractivity contribution in [2.24, 2.45) is 0 Å². The number of hydrogen-bond acceptors (Lipinski definition) is 3. The molecule has 0 aromatic carbocycles. The van der Waals surface area contributed by atoms with Gasteiger partial charge in [-0.1, -0.05) is 0 Å². The van der Waals surface area contributed by atoms with Crippen LogP contribution >= 0.6 is 11.8 Å². The minimum absolute atomic E-state index is 0.0224. The lowest BCUT2D eigenvalue weighted by atomic mass is 10.2. The molecular weight excluding hydrogens is 162 g/mol. The predicted octanol–water partition coefficient (Wildman–Crippen LogP) is -0.0111. The van der Waals surface area contributed by atoms with E-state index in [1.165, 1.54) is 6.92 Å². The summed E-state index contributed by atoms with van der Waals surface area (Å²) in [6, 6.07) is 0.273. The largest absolute Gasteiger partial charge is 0.395 e. The van der Waals surface area contributed by atoms with Crippen LogP contribution < -0.4 is 5.32 Å². The van der Waals surface area contributed by atoms with Gasteiger partial charge in [-0.15, -0.1) is 0 Å². The number of carbonyl (C=O) groups is 1. The zero-order valence-electron chi connectivity index (χ0n) is 6.54. The Balaban J connectivity index is 2.24. The zero-order chi connectivity index (χ0) is 8.27. The molecule has 4 heteroatoms. The van der Waals surface area contributed by atoms with Gasteiger partial charge in [-0.05, 0) is 6.42 Å². The van der Waals surface area contributed by atoms with Crippen molar-refractivity contribution < 1.29 is 9.90 Å². The van der Waals surface area contributed by atoms with Crippen LogP contribution in [-0.2, 0) is 4.79 Å². The average molecular weight is 175 g/mol. The Labute approximate surface area is 70.6 Å². The van der Waals surface area contributed by atoms with Crippen LogP contribution in [0.4, 0.5) is 0 Å². The van der Waals surface area contributed by atoms with Gasteiger partial charge >= 0.3 is 0 Å². The molecule has 0 saturated carbocycles. The molecule has 1 saturated heterocycles. The molecule has 1 aliphatic heterocycles. The van der Waals surface area contributed by atoms with Crippen molar-refractivity contribution in [2.75, 3.05) is 12.4 Å². The maximum absolute atomic E-state index is 10.6. The molecule has 0 spiro atoms. The Morgan fingerprint density at radius 1 is 1.82 bits per heavy atom. The third-order valence-corrected chi connectivity index (χ3v) is 3.10. The standard InChI is InChI=1S/C7H13NO2S/c1-5(10)8-6-2-7(3-9)11-4-6/h6-7,9H,2-4H2,1H3,(H,8,10). The molecule has 0 aromatic heterocycles. The minimum Gasteiger partial charge on any atom is -0.395 e. The van der Waals surface area contributed by atoms with Gasteiger partial charge in [0.2, 0.25) is 5.91 Å². The molecule has 1 heterocycles. The van der Waals surface area contributed by atoms with Gasteiger partial charge in [0.15, 0.2) is 0 Å². The van der Waals surface area contributed by atoms with Gasteiger partial charge < -0.3 is 10.4 Å². The van der Waals surface area contributed by atoms with Crippen molar-refractivity contribution >= 4 is 17.7 Å². The molecule has 3 nitrogen and oxygen atoms in total. The van der Waals surface area contributed by atoms with Crippen LogP contribution in [0.15, 0.2) is 0 Å². The number of carbonyl (C=O) groups excluding carboxylic acids is 1. The molecule has 1 fully saturated rings. The van der Waals surface area contributed by atoms with Gasteiger partial charge in [0, 0.05) is 24.0 Å². The van der Waals surface area contributed by atoms with Crippen molar-refractivity contribution in [3.63, 3.8) is 0 Å². The summed E-state index contributed by atoms with van der Waals surface area (Å²) in [7, 11) is 0. The van der Waals surface area contributed by atoms with Gasteiger partial charge in [-0.2, -0.15) is 11.8 Å². The second-order valence-electron chi connectivity index (χ2n) is 2.77. The molecule has 0 aromatic rings. The van der Waals surface area contributed by atoms with E-state index < -0.39 is 0 Å². The molecule has 1 amide bonds. The Bertz CT molecular complexity index is 151. The second kappa shape index (κ2) is 3.97. The van der Waals surface area contributed by atoms with Crippen LogP contribution in [0, 0.1) is 0 Å². The Hall–Kier alpha value is -0.220. The van der Waals surface area contributed by atoms with E-state index in [2.05, 4.69) is 5.32 Å². The highest BCUT2D eigenvalue weighted by atomic mass is 32.2. The zero-order valence-corrected chi connectivity index (χ0v) is 7.36. The number of rotatable bonds is 2. The van der Waals surface area contributed by atoms with Crippen molar-refractivity contribution in [3.8, 4) is 0 Å². The molecule has 0 bridgehead atoms. The first-order chi connectivity index (χ1) is 5.22. The fraction of sp³-hybridized carbons (Fsp3) is 0.857. The first kappa shape index (κ1) is 8.87. The summed E-state index contributed by atoms with van der Waals surface area (Å²) in [6.45, 7) is 1.75. The molecule has 64 valence electrons. The highest BCUT2D eigenvalue weighted by molar-refractivity contribution is 8.00. The summed E-state index contributed by atoms with van der Waals surface area (Å²) in [5.74, 6) is 0.958.